The topological polar surface area (TPSA) is 46.2 Å². The second kappa shape index (κ2) is 3.58. The number of halogens is 1. The van der Waals surface area contributed by atoms with Crippen molar-refractivity contribution in [3.8, 4) is 0 Å². The molecule has 1 unspecified atom stereocenters. The highest BCUT2D eigenvalue weighted by Gasteiger charge is 2.36. The van der Waals surface area contributed by atoms with Crippen molar-refractivity contribution < 1.29 is 5.11 Å². The van der Waals surface area contributed by atoms with E-state index >= 15 is 0 Å². The minimum Gasteiger partial charge on any atom is -0.391 e. The smallest absolute Gasteiger partial charge is 0.0741 e. The minimum atomic E-state index is -0.443. The lowest BCUT2D eigenvalue weighted by atomic mass is 9.70. The first kappa shape index (κ1) is 11.1. The van der Waals surface area contributed by atoms with Crippen LogP contribution in [0.3, 0.4) is 0 Å². The van der Waals surface area contributed by atoms with Crippen molar-refractivity contribution in [2.75, 3.05) is 0 Å². The second-order valence-corrected chi connectivity index (χ2v) is 5.83. The van der Waals surface area contributed by atoms with Gasteiger partial charge in [-0.15, -0.1) is 0 Å². The maximum Gasteiger partial charge on any atom is 0.0741 e. The molecule has 15 heavy (non-hydrogen) atoms. The number of aliphatic hydroxyl groups excluding tert-OH is 1. The molecule has 0 saturated heterocycles. The number of hydrogen-bond donors (Lipinski definition) is 2. The van der Waals surface area contributed by atoms with Gasteiger partial charge in [0.25, 0.3) is 0 Å². The van der Waals surface area contributed by atoms with Crippen LogP contribution in [0.5, 0.6) is 0 Å². The van der Waals surface area contributed by atoms with Crippen molar-refractivity contribution in [3.63, 3.8) is 0 Å². The van der Waals surface area contributed by atoms with Crippen LogP contribution in [0.2, 0.25) is 0 Å². The average Bonchev–Trinajstić information content (AvgIpc) is 2.13. The number of aliphatic hydroxyl groups is 1. The highest BCUT2D eigenvalue weighted by atomic mass is 79.9. The van der Waals surface area contributed by atoms with Crippen molar-refractivity contribution in [1.29, 1.82) is 0 Å². The summed E-state index contributed by atoms with van der Waals surface area (Å²) in [4.78, 5) is 0. The summed E-state index contributed by atoms with van der Waals surface area (Å²) in [6.45, 7) is 4.30. The largest absolute Gasteiger partial charge is 0.391 e. The summed E-state index contributed by atoms with van der Waals surface area (Å²) in [5.74, 6) is 0. The molecule has 1 aliphatic rings. The Bertz CT molecular complexity index is 389. The molecule has 3 heteroatoms. The number of fused-ring (bicyclic) bond motifs is 1. The van der Waals surface area contributed by atoms with Gasteiger partial charge in [-0.3, -0.25) is 0 Å². The van der Waals surface area contributed by atoms with Crippen molar-refractivity contribution in [1.82, 2.24) is 0 Å². The third-order valence-corrected chi connectivity index (χ3v) is 3.73. The maximum absolute atomic E-state index is 9.91. The Morgan fingerprint density at radius 3 is 2.80 bits per heavy atom. The fraction of sp³-hybridized carbons (Fsp3) is 0.500. The molecule has 2 nitrogen and oxygen atoms in total. The van der Waals surface area contributed by atoms with Crippen molar-refractivity contribution >= 4 is 15.9 Å². The molecule has 0 amide bonds. The van der Waals surface area contributed by atoms with Crippen LogP contribution in [0.15, 0.2) is 22.7 Å². The van der Waals surface area contributed by atoms with E-state index in [0.717, 1.165) is 16.5 Å². The van der Waals surface area contributed by atoms with Crippen LogP contribution >= 0.6 is 15.9 Å². The monoisotopic (exact) mass is 269 g/mol. The molecular formula is C12H16BrNO. The Morgan fingerprint density at radius 2 is 2.13 bits per heavy atom. The van der Waals surface area contributed by atoms with Crippen LogP contribution in [0.25, 0.3) is 0 Å². The van der Waals surface area contributed by atoms with Crippen LogP contribution in [-0.2, 0) is 5.41 Å². The molecule has 0 aliphatic heterocycles. The van der Waals surface area contributed by atoms with Crippen LogP contribution in [0.4, 0.5) is 0 Å². The van der Waals surface area contributed by atoms with Gasteiger partial charge >= 0.3 is 0 Å². The number of hydrogen-bond acceptors (Lipinski definition) is 2. The fourth-order valence-electron chi connectivity index (χ4n) is 2.39. The SMILES string of the molecule is CC1(C)CC(O)[C@H](N)c2cc(Br)ccc21. The Hall–Kier alpha value is -0.380. The fourth-order valence-corrected chi connectivity index (χ4v) is 2.77. The first-order valence-corrected chi connectivity index (χ1v) is 5.95. The van der Waals surface area contributed by atoms with Gasteiger partial charge in [0.15, 0.2) is 0 Å². The van der Waals surface area contributed by atoms with E-state index in [1.54, 1.807) is 0 Å². The zero-order valence-corrected chi connectivity index (χ0v) is 10.6. The van der Waals surface area contributed by atoms with Gasteiger partial charge in [-0.1, -0.05) is 35.8 Å². The first-order chi connectivity index (χ1) is 6.92. The van der Waals surface area contributed by atoms with E-state index in [2.05, 4.69) is 35.8 Å². The van der Waals surface area contributed by atoms with Gasteiger partial charge in [-0.2, -0.15) is 0 Å². The van der Waals surface area contributed by atoms with E-state index in [0.29, 0.717) is 0 Å². The van der Waals surface area contributed by atoms with Crippen molar-refractivity contribution in [3.05, 3.63) is 33.8 Å². The third-order valence-electron chi connectivity index (χ3n) is 3.24. The molecule has 0 radical (unpaired) electrons. The van der Waals surface area contributed by atoms with E-state index in [-0.39, 0.29) is 11.5 Å². The van der Waals surface area contributed by atoms with Crippen LogP contribution < -0.4 is 5.73 Å². The third kappa shape index (κ3) is 1.84. The van der Waals surface area contributed by atoms with E-state index in [4.69, 9.17) is 5.73 Å². The van der Waals surface area contributed by atoms with E-state index < -0.39 is 6.10 Å². The van der Waals surface area contributed by atoms with Gasteiger partial charge < -0.3 is 10.8 Å². The minimum absolute atomic E-state index is 0.00528. The normalized spacial score (nSPS) is 28.6. The summed E-state index contributed by atoms with van der Waals surface area (Å²) in [6, 6.07) is 5.89. The Morgan fingerprint density at radius 1 is 1.47 bits per heavy atom. The standard InChI is InChI=1S/C12H16BrNO/c1-12(2)6-10(15)11(14)8-5-7(13)3-4-9(8)12/h3-5,10-11,15H,6,14H2,1-2H3/t10?,11-/m1/s1. The molecule has 0 aromatic heterocycles. The summed E-state index contributed by atoms with van der Waals surface area (Å²) in [5.41, 5.74) is 8.33. The number of benzene rings is 1. The molecule has 2 rings (SSSR count). The van der Waals surface area contributed by atoms with Crippen LogP contribution in [0, 0.1) is 0 Å². The number of nitrogens with two attached hydrogens (primary N) is 1. The maximum atomic E-state index is 9.91. The average molecular weight is 270 g/mol. The molecule has 0 spiro atoms. The quantitative estimate of drug-likeness (QED) is 0.760. The lowest BCUT2D eigenvalue weighted by molar-refractivity contribution is 0.0994. The van der Waals surface area contributed by atoms with Gasteiger partial charge in [0, 0.05) is 4.47 Å². The molecule has 3 N–H and O–H groups in total. The molecule has 2 atom stereocenters. The van der Waals surface area contributed by atoms with E-state index in [1.165, 1.54) is 5.56 Å². The summed E-state index contributed by atoms with van der Waals surface area (Å²) in [5, 5.41) is 9.91. The van der Waals surface area contributed by atoms with Gasteiger partial charge in [0.1, 0.15) is 0 Å². The Balaban J connectivity index is 2.59. The molecule has 1 aliphatic carbocycles. The Labute approximate surface area is 98.6 Å². The van der Waals surface area contributed by atoms with Crippen molar-refractivity contribution in [2.45, 2.75) is 37.8 Å². The number of rotatable bonds is 0. The highest BCUT2D eigenvalue weighted by Crippen LogP contribution is 2.41. The highest BCUT2D eigenvalue weighted by molar-refractivity contribution is 9.10. The summed E-state index contributed by atoms with van der Waals surface area (Å²) < 4.78 is 1.02. The molecule has 1 aromatic carbocycles. The van der Waals surface area contributed by atoms with E-state index in [1.807, 2.05) is 12.1 Å². The first-order valence-electron chi connectivity index (χ1n) is 5.15. The Kier molecular flexibility index (Phi) is 2.65. The van der Waals surface area contributed by atoms with Gasteiger partial charge in [-0.25, -0.2) is 0 Å². The van der Waals surface area contributed by atoms with Gasteiger partial charge in [0.05, 0.1) is 12.1 Å². The summed E-state index contributed by atoms with van der Waals surface area (Å²) in [7, 11) is 0. The predicted octanol–water partition coefficient (Wildman–Crippen LogP) is 2.49. The van der Waals surface area contributed by atoms with Gasteiger partial charge in [0.2, 0.25) is 0 Å². The lowest BCUT2D eigenvalue weighted by Gasteiger charge is -2.39. The van der Waals surface area contributed by atoms with Crippen LogP contribution in [-0.4, -0.2) is 11.2 Å². The molecule has 0 bridgehead atoms. The predicted molar refractivity (Wildman–Crippen MR) is 64.7 cm³/mol. The molecular weight excluding hydrogens is 254 g/mol. The van der Waals surface area contributed by atoms with Crippen LogP contribution in [0.1, 0.15) is 37.4 Å². The lowest BCUT2D eigenvalue weighted by Crippen LogP contribution is -2.39. The molecule has 0 fully saturated rings. The molecule has 0 heterocycles. The molecule has 0 saturated carbocycles. The van der Waals surface area contributed by atoms with Gasteiger partial charge in [-0.05, 0) is 35.1 Å². The zero-order valence-electron chi connectivity index (χ0n) is 9.00. The second-order valence-electron chi connectivity index (χ2n) is 4.91. The zero-order chi connectivity index (χ0) is 11.2. The summed E-state index contributed by atoms with van der Waals surface area (Å²) in [6.07, 6.45) is 0.282. The molecule has 1 aromatic rings. The van der Waals surface area contributed by atoms with Crippen molar-refractivity contribution in [2.24, 2.45) is 5.73 Å². The summed E-state index contributed by atoms with van der Waals surface area (Å²) >= 11 is 3.44. The van der Waals surface area contributed by atoms with E-state index in [9.17, 15) is 5.11 Å². The molecule has 82 valence electrons.